The molecular formula is C16H28N2S. The van der Waals surface area contributed by atoms with Crippen molar-refractivity contribution in [3.05, 3.63) is 22.4 Å². The molecule has 0 spiro atoms. The normalized spacial score (nSPS) is 26.8. The summed E-state index contributed by atoms with van der Waals surface area (Å²) in [5.41, 5.74) is 0. The van der Waals surface area contributed by atoms with Crippen LogP contribution in [0.15, 0.2) is 17.5 Å². The molecular weight excluding hydrogens is 252 g/mol. The molecule has 19 heavy (non-hydrogen) atoms. The Labute approximate surface area is 122 Å². The Morgan fingerprint density at radius 1 is 1.42 bits per heavy atom. The zero-order valence-corrected chi connectivity index (χ0v) is 13.5. The highest BCUT2D eigenvalue weighted by Gasteiger charge is 2.34. The third-order valence-corrected chi connectivity index (χ3v) is 5.37. The van der Waals surface area contributed by atoms with Crippen LogP contribution in [0, 0.1) is 5.92 Å². The average molecular weight is 280 g/mol. The number of nitrogens with zero attached hydrogens (tertiary/aromatic N) is 1. The zero-order valence-electron chi connectivity index (χ0n) is 12.7. The van der Waals surface area contributed by atoms with Gasteiger partial charge in [0.15, 0.2) is 0 Å². The van der Waals surface area contributed by atoms with Crippen molar-refractivity contribution in [1.82, 2.24) is 10.2 Å². The molecule has 3 atom stereocenters. The first kappa shape index (κ1) is 15.0. The van der Waals surface area contributed by atoms with Crippen molar-refractivity contribution >= 4 is 11.3 Å². The van der Waals surface area contributed by atoms with E-state index in [-0.39, 0.29) is 0 Å². The Hall–Kier alpha value is -0.380. The van der Waals surface area contributed by atoms with Crippen LogP contribution in [0.1, 0.15) is 51.5 Å². The van der Waals surface area contributed by atoms with Crippen molar-refractivity contribution in [3.63, 3.8) is 0 Å². The van der Waals surface area contributed by atoms with Crippen LogP contribution in [-0.4, -0.2) is 30.1 Å². The fourth-order valence-electron chi connectivity index (χ4n) is 3.19. The van der Waals surface area contributed by atoms with Crippen LogP contribution in [0.4, 0.5) is 0 Å². The maximum Gasteiger partial charge on any atom is 0.0443 e. The van der Waals surface area contributed by atoms with Gasteiger partial charge in [-0.25, -0.2) is 0 Å². The second-order valence-electron chi connectivity index (χ2n) is 5.96. The van der Waals surface area contributed by atoms with Crippen LogP contribution in [0.25, 0.3) is 0 Å². The van der Waals surface area contributed by atoms with Gasteiger partial charge in [-0.1, -0.05) is 33.8 Å². The van der Waals surface area contributed by atoms with E-state index in [4.69, 9.17) is 0 Å². The van der Waals surface area contributed by atoms with Crippen molar-refractivity contribution in [2.24, 2.45) is 5.92 Å². The van der Waals surface area contributed by atoms with Crippen molar-refractivity contribution in [3.8, 4) is 0 Å². The van der Waals surface area contributed by atoms with Gasteiger partial charge in [0.05, 0.1) is 0 Å². The van der Waals surface area contributed by atoms with E-state index in [1.54, 1.807) is 0 Å². The summed E-state index contributed by atoms with van der Waals surface area (Å²) in [7, 11) is 0. The van der Waals surface area contributed by atoms with Crippen LogP contribution in [0.5, 0.6) is 0 Å². The summed E-state index contributed by atoms with van der Waals surface area (Å²) in [6.45, 7) is 11.6. The summed E-state index contributed by atoms with van der Waals surface area (Å²) >= 11 is 1.91. The Kier molecular flexibility index (Phi) is 5.43. The summed E-state index contributed by atoms with van der Waals surface area (Å²) in [5, 5.41) is 5.93. The Morgan fingerprint density at radius 3 is 2.74 bits per heavy atom. The maximum atomic E-state index is 3.72. The molecule has 0 amide bonds. The van der Waals surface area contributed by atoms with E-state index in [0.29, 0.717) is 24.0 Å². The lowest BCUT2D eigenvalue weighted by Crippen LogP contribution is -2.58. The van der Waals surface area contributed by atoms with Crippen LogP contribution < -0.4 is 5.32 Å². The lowest BCUT2D eigenvalue weighted by atomic mass is 9.94. The highest BCUT2D eigenvalue weighted by Crippen LogP contribution is 2.33. The van der Waals surface area contributed by atoms with E-state index < -0.39 is 0 Å². The van der Waals surface area contributed by atoms with E-state index in [2.05, 4.69) is 55.4 Å². The standard InChI is InChI=1S/C16H28N2S/c1-5-13-11-18(15(10-17-13)12(3)4)14(6-2)16-8-7-9-19-16/h7-9,12-15,17H,5-6,10-11H2,1-4H3. The van der Waals surface area contributed by atoms with E-state index in [1.807, 2.05) is 11.3 Å². The molecule has 1 fully saturated rings. The number of nitrogens with one attached hydrogen (secondary N) is 1. The average Bonchev–Trinajstić information content (AvgIpc) is 2.93. The second kappa shape index (κ2) is 6.87. The summed E-state index contributed by atoms with van der Waals surface area (Å²) in [5.74, 6) is 0.708. The highest BCUT2D eigenvalue weighted by molar-refractivity contribution is 7.10. The molecule has 1 N–H and O–H groups in total. The van der Waals surface area contributed by atoms with Crippen LogP contribution in [-0.2, 0) is 0 Å². The lowest BCUT2D eigenvalue weighted by Gasteiger charge is -2.46. The molecule has 0 aromatic carbocycles. The molecule has 0 aliphatic carbocycles. The van der Waals surface area contributed by atoms with Crippen molar-refractivity contribution in [2.75, 3.05) is 13.1 Å². The molecule has 1 saturated heterocycles. The van der Waals surface area contributed by atoms with Crippen LogP contribution in [0.2, 0.25) is 0 Å². The predicted octanol–water partition coefficient (Wildman–Crippen LogP) is 3.91. The first-order valence-electron chi connectivity index (χ1n) is 7.69. The first-order valence-corrected chi connectivity index (χ1v) is 8.57. The molecule has 3 heteroatoms. The van der Waals surface area contributed by atoms with Crippen molar-refractivity contribution in [1.29, 1.82) is 0 Å². The number of thiophene rings is 1. The monoisotopic (exact) mass is 280 g/mol. The molecule has 2 rings (SSSR count). The molecule has 1 aliphatic rings. The van der Waals surface area contributed by atoms with E-state index in [1.165, 1.54) is 24.3 Å². The third-order valence-electron chi connectivity index (χ3n) is 4.39. The fourth-order valence-corrected chi connectivity index (χ4v) is 4.12. The summed E-state index contributed by atoms with van der Waals surface area (Å²) in [6, 6.07) is 6.41. The largest absolute Gasteiger partial charge is 0.311 e. The van der Waals surface area contributed by atoms with Crippen molar-refractivity contribution in [2.45, 2.75) is 58.7 Å². The van der Waals surface area contributed by atoms with Gasteiger partial charge >= 0.3 is 0 Å². The summed E-state index contributed by atoms with van der Waals surface area (Å²) < 4.78 is 0. The van der Waals surface area contributed by atoms with Crippen molar-refractivity contribution < 1.29 is 0 Å². The van der Waals surface area contributed by atoms with Gasteiger partial charge < -0.3 is 5.32 Å². The SMILES string of the molecule is CCC1CN(C(CC)c2cccs2)C(C(C)C)CN1. The van der Waals surface area contributed by atoms with Gasteiger partial charge in [-0.2, -0.15) is 0 Å². The summed E-state index contributed by atoms with van der Waals surface area (Å²) in [4.78, 5) is 4.30. The zero-order chi connectivity index (χ0) is 13.8. The highest BCUT2D eigenvalue weighted by atomic mass is 32.1. The molecule has 0 bridgehead atoms. The minimum absolute atomic E-state index is 0.601. The van der Waals surface area contributed by atoms with Gasteiger partial charge in [0, 0.05) is 36.1 Å². The molecule has 108 valence electrons. The number of hydrogen-bond donors (Lipinski definition) is 1. The molecule has 3 unspecified atom stereocenters. The molecule has 0 saturated carbocycles. The molecule has 2 nitrogen and oxygen atoms in total. The summed E-state index contributed by atoms with van der Waals surface area (Å²) in [6.07, 6.45) is 2.43. The minimum Gasteiger partial charge on any atom is -0.311 e. The van der Waals surface area contributed by atoms with Gasteiger partial charge in [0.2, 0.25) is 0 Å². The quantitative estimate of drug-likeness (QED) is 0.880. The molecule has 0 radical (unpaired) electrons. The van der Waals surface area contributed by atoms with Gasteiger partial charge in [0.25, 0.3) is 0 Å². The third kappa shape index (κ3) is 3.39. The van der Waals surface area contributed by atoms with Gasteiger partial charge in [0.1, 0.15) is 0 Å². The van der Waals surface area contributed by atoms with Gasteiger partial charge in [-0.3, -0.25) is 4.90 Å². The molecule has 1 aliphatic heterocycles. The molecule has 2 heterocycles. The van der Waals surface area contributed by atoms with Crippen LogP contribution >= 0.6 is 11.3 Å². The van der Waals surface area contributed by atoms with Gasteiger partial charge in [-0.15, -0.1) is 11.3 Å². The smallest absolute Gasteiger partial charge is 0.0443 e. The Morgan fingerprint density at radius 2 is 2.21 bits per heavy atom. The molecule has 1 aromatic rings. The fraction of sp³-hybridized carbons (Fsp3) is 0.750. The number of piperazine rings is 1. The second-order valence-corrected chi connectivity index (χ2v) is 6.94. The lowest BCUT2D eigenvalue weighted by molar-refractivity contribution is 0.0534. The minimum atomic E-state index is 0.601. The van der Waals surface area contributed by atoms with Crippen LogP contribution in [0.3, 0.4) is 0 Å². The van der Waals surface area contributed by atoms with E-state index in [0.717, 1.165) is 6.54 Å². The predicted molar refractivity (Wildman–Crippen MR) is 84.8 cm³/mol. The number of rotatable bonds is 5. The van der Waals surface area contributed by atoms with Gasteiger partial charge in [-0.05, 0) is 30.2 Å². The van der Waals surface area contributed by atoms with E-state index >= 15 is 0 Å². The Bertz CT molecular complexity index is 361. The maximum absolute atomic E-state index is 3.72. The number of hydrogen-bond acceptors (Lipinski definition) is 3. The Balaban J connectivity index is 2.19. The molecule has 1 aromatic heterocycles. The first-order chi connectivity index (χ1) is 9.17. The van der Waals surface area contributed by atoms with E-state index in [9.17, 15) is 0 Å². The topological polar surface area (TPSA) is 15.3 Å².